The Bertz CT molecular complexity index is 1640. The van der Waals surface area contributed by atoms with E-state index in [1.807, 2.05) is 61.5 Å². The van der Waals surface area contributed by atoms with Gasteiger partial charge in [-0.3, -0.25) is 14.4 Å². The minimum Gasteiger partial charge on any atom is -0.496 e. The van der Waals surface area contributed by atoms with E-state index in [4.69, 9.17) is 18.9 Å². The summed E-state index contributed by atoms with van der Waals surface area (Å²) in [5.74, 6) is -2.22. The van der Waals surface area contributed by atoms with Crippen molar-refractivity contribution in [2.45, 2.75) is 57.8 Å². The smallest absolute Gasteiger partial charge is 0.312 e. The van der Waals surface area contributed by atoms with E-state index in [9.17, 15) is 14.4 Å². The molecule has 2 saturated carbocycles. The van der Waals surface area contributed by atoms with Crippen LogP contribution in [-0.2, 0) is 25.7 Å². The minimum atomic E-state index is -0.681. The summed E-state index contributed by atoms with van der Waals surface area (Å²) in [6.07, 6.45) is 6.50. The number of rotatable bonds is 9. The number of nitrogens with one attached hydrogen (secondary N) is 1. The third-order valence-electron chi connectivity index (χ3n) is 9.79. The Morgan fingerprint density at radius 3 is 2.44 bits per heavy atom. The van der Waals surface area contributed by atoms with Gasteiger partial charge in [-0.25, -0.2) is 4.39 Å². The molecule has 0 heterocycles. The number of benzene rings is 3. The molecule has 45 heavy (non-hydrogen) atoms. The number of fused-ring (bicyclic) bond motifs is 3. The molecule has 3 aromatic rings. The SMILES string of the molecule is COC(=O)[C@@H]1[C@H](NC(=O)c2cc(OC3CCC(C)(C(=O)OCc4cccc5ccccc45)CC3)c(F)cc2OC)[C@H]2C=C[C@@H]1C2. The molecule has 3 aliphatic carbocycles. The van der Waals surface area contributed by atoms with E-state index in [0.29, 0.717) is 25.7 Å². The van der Waals surface area contributed by atoms with Gasteiger partial charge in [0, 0.05) is 12.1 Å². The van der Waals surface area contributed by atoms with E-state index in [1.165, 1.54) is 20.3 Å². The van der Waals surface area contributed by atoms with Crippen LogP contribution in [0.1, 0.15) is 54.9 Å². The molecule has 8 nitrogen and oxygen atoms in total. The van der Waals surface area contributed by atoms with Gasteiger partial charge in [-0.05, 0) is 73.3 Å². The summed E-state index contributed by atoms with van der Waals surface area (Å²) >= 11 is 0. The van der Waals surface area contributed by atoms with Crippen molar-refractivity contribution in [1.82, 2.24) is 5.32 Å². The Morgan fingerprint density at radius 1 is 0.956 bits per heavy atom. The number of hydrogen-bond donors (Lipinski definition) is 1. The highest BCUT2D eigenvalue weighted by Gasteiger charge is 2.49. The van der Waals surface area contributed by atoms with Crippen molar-refractivity contribution in [2.75, 3.05) is 14.2 Å². The third kappa shape index (κ3) is 6.00. The van der Waals surface area contributed by atoms with Gasteiger partial charge >= 0.3 is 11.9 Å². The van der Waals surface area contributed by atoms with Crippen molar-refractivity contribution in [1.29, 1.82) is 0 Å². The molecule has 3 aromatic carbocycles. The second kappa shape index (κ2) is 12.5. The highest BCUT2D eigenvalue weighted by Crippen LogP contribution is 2.45. The van der Waals surface area contributed by atoms with Gasteiger partial charge in [0.1, 0.15) is 12.4 Å². The van der Waals surface area contributed by atoms with Gasteiger partial charge in [0.25, 0.3) is 5.91 Å². The van der Waals surface area contributed by atoms with E-state index >= 15 is 4.39 Å². The van der Waals surface area contributed by atoms with Crippen molar-refractivity contribution < 1.29 is 37.7 Å². The largest absolute Gasteiger partial charge is 0.496 e. The lowest BCUT2D eigenvalue weighted by Crippen LogP contribution is -2.46. The average molecular weight is 616 g/mol. The number of ether oxygens (including phenoxy) is 4. The predicted octanol–water partition coefficient (Wildman–Crippen LogP) is 6.15. The van der Waals surface area contributed by atoms with E-state index < -0.39 is 29.1 Å². The maximum atomic E-state index is 15.1. The number of esters is 2. The second-order valence-electron chi connectivity index (χ2n) is 12.6. The van der Waals surface area contributed by atoms with Crippen LogP contribution in [0.25, 0.3) is 10.8 Å². The topological polar surface area (TPSA) is 100 Å². The van der Waals surface area contributed by atoms with Crippen LogP contribution in [0.3, 0.4) is 0 Å². The van der Waals surface area contributed by atoms with Gasteiger partial charge in [-0.2, -0.15) is 0 Å². The van der Waals surface area contributed by atoms with Crippen molar-refractivity contribution in [3.05, 3.63) is 83.7 Å². The van der Waals surface area contributed by atoms with Gasteiger partial charge in [0.05, 0.1) is 37.2 Å². The monoisotopic (exact) mass is 615 g/mol. The van der Waals surface area contributed by atoms with Crippen LogP contribution in [-0.4, -0.2) is 44.2 Å². The van der Waals surface area contributed by atoms with Crippen molar-refractivity contribution in [2.24, 2.45) is 23.2 Å². The number of hydrogen-bond acceptors (Lipinski definition) is 7. The minimum absolute atomic E-state index is 0.00856. The van der Waals surface area contributed by atoms with E-state index in [-0.39, 0.29) is 53.5 Å². The highest BCUT2D eigenvalue weighted by atomic mass is 19.1. The second-order valence-corrected chi connectivity index (χ2v) is 12.6. The molecule has 6 rings (SSSR count). The van der Waals surface area contributed by atoms with Crippen LogP contribution < -0.4 is 14.8 Å². The Labute approximate surface area is 261 Å². The lowest BCUT2D eigenvalue weighted by molar-refractivity contribution is -0.159. The molecular formula is C36H38FNO7. The highest BCUT2D eigenvalue weighted by molar-refractivity contribution is 5.98. The molecular weight excluding hydrogens is 577 g/mol. The standard InChI is InChI=1S/C36H38FNO7/c1-36(35(41)44-20-24-9-6-8-21-7-4-5-10-26(21)24)15-13-25(14-16-36)45-30-18-27(29(42-2)19-28(30)37)33(39)38-32-23-12-11-22(17-23)31(32)34(40)43-3/h4-12,18-19,22-23,25,31-32H,13-17,20H2,1-3H3,(H,38,39)/t22-,23+,25?,31+,32-,36?/m1/s1. The number of halogens is 1. The van der Waals surface area contributed by atoms with E-state index in [2.05, 4.69) is 5.32 Å². The zero-order chi connectivity index (χ0) is 31.7. The van der Waals surface area contributed by atoms with Crippen LogP contribution >= 0.6 is 0 Å². The Kier molecular flexibility index (Phi) is 8.53. The number of amides is 1. The molecule has 0 aromatic heterocycles. The summed E-state index contributed by atoms with van der Waals surface area (Å²) < 4.78 is 37.3. The summed E-state index contributed by atoms with van der Waals surface area (Å²) in [7, 11) is 2.71. The Balaban J connectivity index is 1.09. The fraction of sp³-hybridized carbons (Fsp3) is 0.417. The molecule has 0 radical (unpaired) electrons. The first-order valence-electron chi connectivity index (χ1n) is 15.5. The number of carbonyl (C=O) groups excluding carboxylic acids is 3. The molecule has 0 unspecified atom stereocenters. The zero-order valence-corrected chi connectivity index (χ0v) is 25.7. The maximum Gasteiger partial charge on any atom is 0.312 e. The van der Waals surface area contributed by atoms with Crippen molar-refractivity contribution in [3.8, 4) is 11.5 Å². The number of allylic oxidation sites excluding steroid dienone is 1. The molecule has 3 aliphatic rings. The van der Waals surface area contributed by atoms with E-state index in [0.717, 1.165) is 28.8 Å². The summed E-state index contributed by atoms with van der Waals surface area (Å²) in [5.41, 5.74) is 0.385. The molecule has 0 spiro atoms. The van der Waals surface area contributed by atoms with Crippen molar-refractivity contribution >= 4 is 28.6 Å². The number of carbonyl (C=O) groups is 3. The quantitative estimate of drug-likeness (QED) is 0.228. The molecule has 4 atom stereocenters. The van der Waals surface area contributed by atoms with E-state index in [1.54, 1.807) is 0 Å². The fourth-order valence-electron chi connectivity index (χ4n) is 7.14. The first-order chi connectivity index (χ1) is 21.7. The molecule has 0 saturated heterocycles. The van der Waals surface area contributed by atoms with Gasteiger partial charge in [-0.15, -0.1) is 0 Å². The zero-order valence-electron chi connectivity index (χ0n) is 25.7. The normalized spacial score (nSPS) is 26.8. The van der Waals surface area contributed by atoms with Crippen LogP contribution in [0.15, 0.2) is 66.7 Å². The summed E-state index contributed by atoms with van der Waals surface area (Å²) in [6.45, 7) is 2.09. The van der Waals surface area contributed by atoms with Gasteiger partial charge in [0.15, 0.2) is 11.6 Å². The van der Waals surface area contributed by atoms with Crippen LogP contribution in [0.4, 0.5) is 4.39 Å². The fourth-order valence-corrected chi connectivity index (χ4v) is 7.14. The van der Waals surface area contributed by atoms with Gasteiger partial charge < -0.3 is 24.3 Å². The third-order valence-corrected chi connectivity index (χ3v) is 9.79. The Morgan fingerprint density at radius 2 is 1.69 bits per heavy atom. The summed E-state index contributed by atoms with van der Waals surface area (Å²) in [4.78, 5) is 39.1. The van der Waals surface area contributed by atoms with Gasteiger partial charge in [0.2, 0.25) is 0 Å². The Hall–Kier alpha value is -4.40. The molecule has 236 valence electrons. The van der Waals surface area contributed by atoms with Crippen molar-refractivity contribution in [3.63, 3.8) is 0 Å². The maximum absolute atomic E-state index is 15.1. The predicted molar refractivity (Wildman–Crippen MR) is 165 cm³/mol. The van der Waals surface area contributed by atoms with Gasteiger partial charge in [-0.1, -0.05) is 54.6 Å². The molecule has 2 fully saturated rings. The van der Waals surface area contributed by atoms with Crippen LogP contribution in [0, 0.1) is 29.0 Å². The molecule has 2 bridgehead atoms. The molecule has 1 N–H and O–H groups in total. The first kappa shape index (κ1) is 30.6. The number of methoxy groups -OCH3 is 2. The molecule has 1 amide bonds. The summed E-state index contributed by atoms with van der Waals surface area (Å²) in [6, 6.07) is 16.0. The van der Waals surface area contributed by atoms with Crippen LogP contribution in [0.5, 0.6) is 11.5 Å². The average Bonchev–Trinajstić information content (AvgIpc) is 3.67. The van der Waals surface area contributed by atoms with Crippen LogP contribution in [0.2, 0.25) is 0 Å². The lowest BCUT2D eigenvalue weighted by atomic mass is 9.74. The first-order valence-corrected chi connectivity index (χ1v) is 15.5. The summed E-state index contributed by atoms with van der Waals surface area (Å²) in [5, 5.41) is 5.12. The lowest BCUT2D eigenvalue weighted by Gasteiger charge is -2.35. The molecule has 9 heteroatoms. The molecule has 0 aliphatic heterocycles.